The fraction of sp³-hybridized carbons (Fsp3) is 1.00. The van der Waals surface area contributed by atoms with Crippen molar-refractivity contribution < 1.29 is 0 Å². The van der Waals surface area contributed by atoms with Crippen LogP contribution in [-0.2, 0) is 0 Å². The molecule has 0 fully saturated rings. The van der Waals surface area contributed by atoms with Crippen LogP contribution in [-0.4, -0.2) is 10.6 Å². The predicted molar refractivity (Wildman–Crippen MR) is 73.0 cm³/mol. The Balaban J connectivity index is 4.08. The summed E-state index contributed by atoms with van der Waals surface area (Å²) in [5.41, 5.74) is 1.28. The summed E-state index contributed by atoms with van der Waals surface area (Å²) in [6.07, 6.45) is 0. The summed E-state index contributed by atoms with van der Waals surface area (Å²) in [5.74, 6) is 0. The average molecular weight is 448 g/mol. The first-order chi connectivity index (χ1) is 4.83. The molecule has 0 aromatic carbocycles. The molecular formula is C5H12Br4Si2. The van der Waals surface area contributed by atoms with E-state index in [2.05, 4.69) is 75.0 Å². The summed E-state index contributed by atoms with van der Waals surface area (Å²) in [6.45, 7) is 3.45. The third-order valence-corrected chi connectivity index (χ3v) is 21.9. The van der Waals surface area contributed by atoms with E-state index in [9.17, 15) is 0 Å². The van der Waals surface area contributed by atoms with Crippen molar-refractivity contribution in [2.45, 2.75) is 31.6 Å². The minimum Gasteiger partial charge on any atom is -0.126 e. The molecule has 0 N–H and O–H groups in total. The Kier molecular flexibility index (Phi) is 6.42. The fourth-order valence-corrected chi connectivity index (χ4v) is 34.7. The molecular weight excluding hydrogens is 436 g/mol. The molecule has 0 aliphatic heterocycles. The summed E-state index contributed by atoms with van der Waals surface area (Å²) < 4.78 is -1.38. The maximum absolute atomic E-state index is 3.90. The van der Waals surface area contributed by atoms with E-state index in [0.29, 0.717) is 0 Å². The van der Waals surface area contributed by atoms with E-state index in [4.69, 9.17) is 0 Å². The van der Waals surface area contributed by atoms with Gasteiger partial charge in [0, 0.05) is 0 Å². The molecule has 0 unspecified atom stereocenters. The molecule has 0 aliphatic rings. The molecule has 0 saturated carbocycles. The Bertz CT molecular complexity index is 118. The Morgan fingerprint density at radius 2 is 1.27 bits per heavy atom. The van der Waals surface area contributed by atoms with Gasteiger partial charge in [0.2, 0.25) is 0 Å². The van der Waals surface area contributed by atoms with E-state index in [1.54, 1.807) is 0 Å². The van der Waals surface area contributed by atoms with Crippen molar-refractivity contribution in [1.29, 1.82) is 0 Å². The fourth-order valence-electron chi connectivity index (χ4n) is 0.859. The average Bonchev–Trinajstić information content (AvgIpc) is 1.84. The first-order valence-corrected chi connectivity index (χ1v) is 17.4. The van der Waals surface area contributed by atoms with Gasteiger partial charge in [0.1, 0.15) is 6.69 Å². The van der Waals surface area contributed by atoms with Gasteiger partial charge in [-0.25, -0.2) is 0 Å². The SMILES string of the molecule is CC[Si](Br)(CC)C[Si](Br)(Br)Br. The van der Waals surface area contributed by atoms with E-state index >= 15 is 0 Å². The second kappa shape index (κ2) is 5.29. The number of hydrogen-bond donors (Lipinski definition) is 0. The molecule has 0 nitrogen and oxygen atoms in total. The highest BCUT2D eigenvalue weighted by Gasteiger charge is 2.36. The molecule has 6 heteroatoms. The topological polar surface area (TPSA) is 0 Å². The molecule has 0 spiro atoms. The standard InChI is InChI=1S/C5H12Br4Si2/c1-3-10(6,4-2)5-11(7,8)9/h3-5H2,1-2H3. The third-order valence-electron chi connectivity index (χ3n) is 1.78. The summed E-state index contributed by atoms with van der Waals surface area (Å²) >= 11 is 14.9. The molecule has 0 aromatic rings. The molecule has 0 amide bonds. The smallest absolute Gasteiger partial charge is 0.126 e. The quantitative estimate of drug-likeness (QED) is 0.419. The van der Waals surface area contributed by atoms with E-state index in [0.717, 1.165) is 0 Å². The number of hydrogen-bond acceptors (Lipinski definition) is 0. The van der Waals surface area contributed by atoms with Gasteiger partial charge in [-0.15, -0.1) is 15.3 Å². The molecule has 0 saturated heterocycles. The molecule has 0 radical (unpaired) electrons. The van der Waals surface area contributed by atoms with Gasteiger partial charge in [0.15, 0.2) is 0 Å². The van der Waals surface area contributed by atoms with Gasteiger partial charge < -0.3 is 0 Å². The van der Waals surface area contributed by atoms with Gasteiger partial charge in [-0.05, 0) is 5.67 Å². The van der Waals surface area contributed by atoms with Crippen LogP contribution in [0.1, 0.15) is 13.8 Å². The highest BCUT2D eigenvalue weighted by atomic mass is 80.0. The van der Waals surface area contributed by atoms with Crippen molar-refractivity contribution in [2.24, 2.45) is 0 Å². The van der Waals surface area contributed by atoms with Crippen molar-refractivity contribution in [3.63, 3.8) is 0 Å². The lowest BCUT2D eigenvalue weighted by molar-refractivity contribution is 1.29. The Hall–Kier alpha value is 2.35. The summed E-state index contributed by atoms with van der Waals surface area (Å²) in [4.78, 5) is 0. The molecule has 0 atom stereocenters. The van der Waals surface area contributed by atoms with Gasteiger partial charge >= 0.3 is 0 Å². The zero-order valence-corrected chi connectivity index (χ0v) is 15.0. The highest BCUT2D eigenvalue weighted by molar-refractivity contribution is 9.72. The maximum Gasteiger partial charge on any atom is 0.265 e. The second-order valence-corrected chi connectivity index (χ2v) is 35.8. The largest absolute Gasteiger partial charge is 0.265 e. The lowest BCUT2D eigenvalue weighted by atomic mass is 10.9. The van der Waals surface area contributed by atoms with Crippen molar-refractivity contribution in [2.75, 3.05) is 0 Å². The maximum atomic E-state index is 3.90. The Morgan fingerprint density at radius 3 is 1.36 bits per heavy atom. The molecule has 0 heterocycles. The normalized spacial score (nSPS) is 13.6. The first kappa shape index (κ1) is 13.4. The summed E-state index contributed by atoms with van der Waals surface area (Å²) in [7, 11) is 0. The van der Waals surface area contributed by atoms with Gasteiger partial charge in [-0.1, -0.05) is 71.8 Å². The van der Waals surface area contributed by atoms with Crippen molar-refractivity contribution >= 4 is 71.8 Å². The van der Waals surface area contributed by atoms with Gasteiger partial charge in [-0.3, -0.25) is 0 Å². The van der Waals surface area contributed by atoms with Crippen LogP contribution >= 0.6 is 61.2 Å². The molecule has 11 heavy (non-hydrogen) atoms. The minimum atomic E-state index is -1.38. The molecule has 68 valence electrons. The zero-order chi connectivity index (χ0) is 9.12. The molecule has 0 bridgehead atoms. The van der Waals surface area contributed by atoms with Crippen LogP contribution in [0.5, 0.6) is 0 Å². The molecule has 0 aliphatic carbocycles. The van der Waals surface area contributed by atoms with E-state index in [-0.39, 0.29) is 0 Å². The summed E-state index contributed by atoms with van der Waals surface area (Å²) in [6, 6.07) is 2.61. The first-order valence-electron chi connectivity index (χ1n) is 3.58. The Morgan fingerprint density at radius 1 is 0.909 bits per heavy atom. The van der Waals surface area contributed by atoms with E-state index < -0.39 is 10.6 Å². The van der Waals surface area contributed by atoms with Crippen molar-refractivity contribution in [3.05, 3.63) is 0 Å². The van der Waals surface area contributed by atoms with Gasteiger partial charge in [-0.2, -0.15) is 0 Å². The number of halogens is 4. The lowest BCUT2D eigenvalue weighted by Gasteiger charge is -2.24. The van der Waals surface area contributed by atoms with Crippen LogP contribution < -0.4 is 0 Å². The van der Waals surface area contributed by atoms with Crippen LogP contribution in [0.4, 0.5) is 0 Å². The molecule has 0 aromatic heterocycles. The van der Waals surface area contributed by atoms with Crippen LogP contribution in [0.25, 0.3) is 0 Å². The predicted octanol–water partition coefficient (Wildman–Crippen LogP) is 5.03. The van der Waals surface area contributed by atoms with Crippen molar-refractivity contribution in [1.82, 2.24) is 0 Å². The summed E-state index contributed by atoms with van der Waals surface area (Å²) in [5, 5.41) is 0. The minimum absolute atomic E-state index is 1.10. The van der Waals surface area contributed by atoms with Crippen LogP contribution in [0, 0.1) is 0 Å². The van der Waals surface area contributed by atoms with E-state index in [1.165, 1.54) is 17.8 Å². The highest BCUT2D eigenvalue weighted by Crippen LogP contribution is 2.41. The van der Waals surface area contributed by atoms with Gasteiger partial charge in [0.25, 0.3) is 3.93 Å². The zero-order valence-electron chi connectivity index (χ0n) is 6.63. The van der Waals surface area contributed by atoms with E-state index in [1.807, 2.05) is 0 Å². The lowest BCUT2D eigenvalue weighted by Crippen LogP contribution is -2.31. The second-order valence-electron chi connectivity index (χ2n) is 2.65. The monoisotopic (exact) mass is 444 g/mol. The molecule has 0 rings (SSSR count). The van der Waals surface area contributed by atoms with Crippen LogP contribution in [0.2, 0.25) is 17.8 Å². The van der Waals surface area contributed by atoms with Crippen molar-refractivity contribution in [3.8, 4) is 0 Å². The third kappa shape index (κ3) is 6.43. The Labute approximate surface area is 102 Å². The van der Waals surface area contributed by atoms with Gasteiger partial charge in [0.05, 0.1) is 0 Å². The van der Waals surface area contributed by atoms with Crippen LogP contribution in [0.15, 0.2) is 0 Å². The number of rotatable bonds is 4. The van der Waals surface area contributed by atoms with Crippen LogP contribution in [0.3, 0.4) is 0 Å².